The summed E-state index contributed by atoms with van der Waals surface area (Å²) in [6, 6.07) is 13.0. The van der Waals surface area contributed by atoms with Crippen molar-refractivity contribution in [1.29, 1.82) is 0 Å². The van der Waals surface area contributed by atoms with Gasteiger partial charge in [0.1, 0.15) is 5.82 Å². The Hall–Kier alpha value is -1.87. The van der Waals surface area contributed by atoms with Crippen LogP contribution in [0.3, 0.4) is 0 Å². The average molecular weight is 283 g/mol. The normalized spacial score (nSPS) is 12.2. The molecule has 0 aliphatic rings. The second-order valence-corrected chi connectivity index (χ2v) is 5.48. The molecule has 1 aromatic carbocycles. The minimum Gasteiger partial charge on any atom is -0.355 e. The van der Waals surface area contributed by atoms with Gasteiger partial charge < -0.3 is 10.2 Å². The van der Waals surface area contributed by atoms with Crippen molar-refractivity contribution in [2.75, 3.05) is 18.5 Å². The SMILES string of the molecule is CCNC(C)c1cccnc1N(C)Cc1ccccc1C. The standard InChI is InChI=1S/C18H25N3/c1-5-19-15(3)17-11-8-12-20-18(17)21(4)13-16-10-7-6-9-14(16)2/h6-12,15,19H,5,13H2,1-4H3. The fraction of sp³-hybridized carbons (Fsp3) is 0.389. The Morgan fingerprint density at radius 1 is 1.19 bits per heavy atom. The Kier molecular flexibility index (Phi) is 5.34. The van der Waals surface area contributed by atoms with E-state index in [1.165, 1.54) is 16.7 Å². The molecule has 0 fully saturated rings. The number of aryl methyl sites for hydroxylation is 1. The van der Waals surface area contributed by atoms with Gasteiger partial charge in [-0.3, -0.25) is 0 Å². The molecule has 1 heterocycles. The largest absolute Gasteiger partial charge is 0.355 e. The Labute approximate surface area is 128 Å². The maximum absolute atomic E-state index is 4.59. The summed E-state index contributed by atoms with van der Waals surface area (Å²) in [6.45, 7) is 8.30. The number of benzene rings is 1. The topological polar surface area (TPSA) is 28.2 Å². The van der Waals surface area contributed by atoms with Crippen molar-refractivity contribution in [3.8, 4) is 0 Å². The molecule has 3 nitrogen and oxygen atoms in total. The highest BCUT2D eigenvalue weighted by Crippen LogP contribution is 2.24. The molecule has 1 aromatic heterocycles. The van der Waals surface area contributed by atoms with Crippen molar-refractivity contribution in [1.82, 2.24) is 10.3 Å². The highest BCUT2D eigenvalue weighted by Gasteiger charge is 2.14. The maximum Gasteiger partial charge on any atom is 0.133 e. The zero-order valence-electron chi connectivity index (χ0n) is 13.4. The monoisotopic (exact) mass is 283 g/mol. The fourth-order valence-electron chi connectivity index (χ4n) is 2.60. The molecule has 2 aromatic rings. The van der Waals surface area contributed by atoms with Crippen LogP contribution >= 0.6 is 0 Å². The van der Waals surface area contributed by atoms with Crippen LogP contribution in [0, 0.1) is 6.92 Å². The number of aromatic nitrogens is 1. The third kappa shape index (κ3) is 3.82. The Bertz CT molecular complexity index is 580. The smallest absolute Gasteiger partial charge is 0.133 e. The number of pyridine rings is 1. The van der Waals surface area contributed by atoms with Crippen molar-refractivity contribution in [2.24, 2.45) is 0 Å². The van der Waals surface area contributed by atoms with Crippen LogP contribution in [0.1, 0.15) is 36.6 Å². The summed E-state index contributed by atoms with van der Waals surface area (Å²) in [5.74, 6) is 1.05. The van der Waals surface area contributed by atoms with E-state index in [1.54, 1.807) is 0 Å². The van der Waals surface area contributed by atoms with Crippen LogP contribution in [0.5, 0.6) is 0 Å². The first-order valence-electron chi connectivity index (χ1n) is 7.57. The van der Waals surface area contributed by atoms with Gasteiger partial charge in [-0.2, -0.15) is 0 Å². The summed E-state index contributed by atoms with van der Waals surface area (Å²) in [7, 11) is 2.11. The maximum atomic E-state index is 4.59. The van der Waals surface area contributed by atoms with Crippen LogP contribution in [0.25, 0.3) is 0 Å². The summed E-state index contributed by atoms with van der Waals surface area (Å²) in [4.78, 5) is 6.82. The Morgan fingerprint density at radius 3 is 2.67 bits per heavy atom. The van der Waals surface area contributed by atoms with Gasteiger partial charge in [0.25, 0.3) is 0 Å². The molecule has 1 N–H and O–H groups in total. The minimum atomic E-state index is 0.304. The second kappa shape index (κ2) is 7.23. The lowest BCUT2D eigenvalue weighted by molar-refractivity contribution is 0.594. The van der Waals surface area contributed by atoms with E-state index in [4.69, 9.17) is 0 Å². The molecule has 1 unspecified atom stereocenters. The lowest BCUT2D eigenvalue weighted by atomic mass is 10.1. The fourth-order valence-corrected chi connectivity index (χ4v) is 2.60. The molecule has 2 rings (SSSR count). The van der Waals surface area contributed by atoms with E-state index in [0.717, 1.165) is 18.9 Å². The van der Waals surface area contributed by atoms with Gasteiger partial charge in [0.15, 0.2) is 0 Å². The minimum absolute atomic E-state index is 0.304. The van der Waals surface area contributed by atoms with E-state index < -0.39 is 0 Å². The first kappa shape index (κ1) is 15.5. The van der Waals surface area contributed by atoms with Crippen molar-refractivity contribution in [3.05, 3.63) is 59.3 Å². The number of anilines is 1. The highest BCUT2D eigenvalue weighted by molar-refractivity contribution is 5.48. The summed E-state index contributed by atoms with van der Waals surface area (Å²) in [6.07, 6.45) is 1.87. The van der Waals surface area contributed by atoms with E-state index in [-0.39, 0.29) is 0 Å². The van der Waals surface area contributed by atoms with E-state index in [0.29, 0.717) is 6.04 Å². The van der Waals surface area contributed by atoms with E-state index in [9.17, 15) is 0 Å². The molecule has 112 valence electrons. The van der Waals surface area contributed by atoms with E-state index >= 15 is 0 Å². The Morgan fingerprint density at radius 2 is 1.95 bits per heavy atom. The van der Waals surface area contributed by atoms with Crippen molar-refractivity contribution >= 4 is 5.82 Å². The first-order valence-corrected chi connectivity index (χ1v) is 7.57. The molecule has 0 radical (unpaired) electrons. The molecule has 0 amide bonds. The third-order valence-corrected chi connectivity index (χ3v) is 3.82. The molecular weight excluding hydrogens is 258 g/mol. The van der Waals surface area contributed by atoms with Gasteiger partial charge in [-0.15, -0.1) is 0 Å². The van der Waals surface area contributed by atoms with Gasteiger partial charge in [-0.1, -0.05) is 37.3 Å². The van der Waals surface area contributed by atoms with Gasteiger partial charge in [-0.25, -0.2) is 4.98 Å². The number of hydrogen-bond acceptors (Lipinski definition) is 3. The molecule has 0 saturated carbocycles. The predicted octanol–water partition coefficient (Wildman–Crippen LogP) is 3.70. The number of hydrogen-bond donors (Lipinski definition) is 1. The van der Waals surface area contributed by atoms with Crippen molar-refractivity contribution in [3.63, 3.8) is 0 Å². The molecular formula is C18H25N3. The lowest BCUT2D eigenvalue weighted by Crippen LogP contribution is -2.24. The van der Waals surface area contributed by atoms with Gasteiger partial charge >= 0.3 is 0 Å². The molecule has 0 spiro atoms. The lowest BCUT2D eigenvalue weighted by Gasteiger charge is -2.24. The van der Waals surface area contributed by atoms with E-state index in [1.807, 2.05) is 12.3 Å². The molecule has 0 aliphatic heterocycles. The van der Waals surface area contributed by atoms with Crippen LogP contribution in [0.2, 0.25) is 0 Å². The molecule has 0 saturated heterocycles. The van der Waals surface area contributed by atoms with Crippen LogP contribution in [0.4, 0.5) is 5.82 Å². The number of nitrogens with zero attached hydrogens (tertiary/aromatic N) is 2. The predicted molar refractivity (Wildman–Crippen MR) is 89.6 cm³/mol. The molecule has 1 atom stereocenters. The highest BCUT2D eigenvalue weighted by atomic mass is 15.2. The average Bonchev–Trinajstić information content (AvgIpc) is 2.50. The van der Waals surface area contributed by atoms with Gasteiger partial charge in [-0.05, 0) is 37.6 Å². The molecule has 21 heavy (non-hydrogen) atoms. The summed E-state index contributed by atoms with van der Waals surface area (Å²) >= 11 is 0. The Balaban J connectivity index is 2.23. The quantitative estimate of drug-likeness (QED) is 0.876. The van der Waals surface area contributed by atoms with Crippen molar-refractivity contribution in [2.45, 2.75) is 33.4 Å². The molecule has 0 aliphatic carbocycles. The summed E-state index contributed by atoms with van der Waals surface area (Å²) < 4.78 is 0. The van der Waals surface area contributed by atoms with Gasteiger partial charge in [0, 0.05) is 31.4 Å². The zero-order valence-corrected chi connectivity index (χ0v) is 13.4. The van der Waals surface area contributed by atoms with Crippen molar-refractivity contribution < 1.29 is 0 Å². The second-order valence-electron chi connectivity index (χ2n) is 5.48. The van der Waals surface area contributed by atoms with Crippen LogP contribution in [-0.2, 0) is 6.54 Å². The number of nitrogens with one attached hydrogen (secondary N) is 1. The molecule has 0 bridgehead atoms. The number of rotatable bonds is 6. The van der Waals surface area contributed by atoms with Gasteiger partial charge in [0.2, 0.25) is 0 Å². The van der Waals surface area contributed by atoms with Gasteiger partial charge in [0.05, 0.1) is 0 Å². The third-order valence-electron chi connectivity index (χ3n) is 3.82. The summed E-state index contributed by atoms with van der Waals surface area (Å²) in [5.41, 5.74) is 3.91. The zero-order chi connectivity index (χ0) is 15.2. The van der Waals surface area contributed by atoms with Crippen LogP contribution in [-0.4, -0.2) is 18.6 Å². The molecule has 3 heteroatoms. The van der Waals surface area contributed by atoms with E-state index in [2.05, 4.69) is 73.4 Å². The van der Waals surface area contributed by atoms with Crippen LogP contribution < -0.4 is 10.2 Å². The van der Waals surface area contributed by atoms with Crippen LogP contribution in [0.15, 0.2) is 42.6 Å². The first-order chi connectivity index (χ1) is 10.1. The summed E-state index contributed by atoms with van der Waals surface area (Å²) in [5, 5.41) is 3.47.